The molecule has 0 aromatic carbocycles. The number of hydrogen-bond acceptors (Lipinski definition) is 5. The molecule has 1 N–H and O–H groups in total. The van der Waals surface area contributed by atoms with Crippen molar-refractivity contribution in [1.82, 2.24) is 29.8 Å². The van der Waals surface area contributed by atoms with Gasteiger partial charge in [0, 0.05) is 44.5 Å². The summed E-state index contributed by atoms with van der Waals surface area (Å²) in [6.45, 7) is 5.00. The normalized spacial score (nSPS) is 13.4. The number of aromatic nitrogens is 4. The number of amides is 2. The highest BCUT2D eigenvalue weighted by Crippen LogP contribution is 2.24. The maximum atomic E-state index is 12.9. The van der Waals surface area contributed by atoms with Gasteiger partial charge in [-0.1, -0.05) is 0 Å². The molecule has 29 heavy (non-hydrogen) atoms. The monoisotopic (exact) mass is 396 g/mol. The van der Waals surface area contributed by atoms with E-state index in [1.165, 1.54) is 0 Å². The summed E-state index contributed by atoms with van der Waals surface area (Å²) in [6.07, 6.45) is 4.20. The molecule has 0 aliphatic carbocycles. The molecule has 1 aliphatic heterocycles. The Morgan fingerprint density at radius 1 is 1.34 bits per heavy atom. The third-order valence-electron chi connectivity index (χ3n) is 5.22. The lowest BCUT2D eigenvalue weighted by molar-refractivity contribution is 0.0730. The topological polar surface area (TPSA) is 100 Å². The van der Waals surface area contributed by atoms with Gasteiger partial charge in [-0.05, 0) is 26.3 Å². The number of carbonyl (C=O) groups excluding carboxylic acids is 2. The van der Waals surface area contributed by atoms with E-state index in [0.29, 0.717) is 43.1 Å². The van der Waals surface area contributed by atoms with Crippen LogP contribution >= 0.6 is 0 Å². The maximum Gasteiger partial charge on any atom is 0.274 e. The van der Waals surface area contributed by atoms with Crippen molar-refractivity contribution in [3.05, 3.63) is 58.1 Å². The van der Waals surface area contributed by atoms with Crippen LogP contribution < -0.4 is 0 Å². The molecule has 0 spiro atoms. The van der Waals surface area contributed by atoms with Crippen molar-refractivity contribution in [2.75, 3.05) is 13.6 Å². The van der Waals surface area contributed by atoms with Gasteiger partial charge in [-0.3, -0.25) is 19.4 Å². The summed E-state index contributed by atoms with van der Waals surface area (Å²) in [4.78, 5) is 29.1. The minimum Gasteiger partial charge on any atom is -0.466 e. The van der Waals surface area contributed by atoms with Gasteiger partial charge in [0.15, 0.2) is 5.69 Å². The molecule has 0 saturated heterocycles. The molecule has 3 aromatic heterocycles. The molecule has 0 unspecified atom stereocenters. The van der Waals surface area contributed by atoms with E-state index in [4.69, 9.17) is 4.42 Å². The zero-order valence-corrected chi connectivity index (χ0v) is 17.0. The van der Waals surface area contributed by atoms with Gasteiger partial charge in [0.1, 0.15) is 11.5 Å². The van der Waals surface area contributed by atoms with Crippen LogP contribution in [0.1, 0.15) is 49.2 Å². The summed E-state index contributed by atoms with van der Waals surface area (Å²) < 4.78 is 7.19. The lowest BCUT2D eigenvalue weighted by atomic mass is 10.0. The molecule has 0 atom stereocenters. The first-order valence-corrected chi connectivity index (χ1v) is 9.49. The average molecular weight is 396 g/mol. The Morgan fingerprint density at radius 3 is 2.79 bits per heavy atom. The summed E-state index contributed by atoms with van der Waals surface area (Å²) in [6, 6.07) is 1.77. The predicted molar refractivity (Wildman–Crippen MR) is 104 cm³/mol. The summed E-state index contributed by atoms with van der Waals surface area (Å²) in [5.41, 5.74) is 3.65. The molecule has 9 heteroatoms. The SMILES string of the molecule is Cc1cc(C(=O)N2CCc3c(C(=O)N(C)Cc4cnn(C)c4)n[nH]c3C2)c(C)o1. The predicted octanol–water partition coefficient (Wildman–Crippen LogP) is 1.82. The van der Waals surface area contributed by atoms with Crippen molar-refractivity contribution >= 4 is 11.8 Å². The molecule has 152 valence electrons. The van der Waals surface area contributed by atoms with Gasteiger partial charge < -0.3 is 14.2 Å². The van der Waals surface area contributed by atoms with Crippen LogP contribution in [0.4, 0.5) is 0 Å². The van der Waals surface area contributed by atoms with E-state index in [1.807, 2.05) is 20.2 Å². The summed E-state index contributed by atoms with van der Waals surface area (Å²) in [7, 11) is 3.59. The first kappa shape index (κ1) is 19.0. The Labute approximate surface area is 168 Å². The number of furan rings is 1. The molecule has 4 heterocycles. The molecule has 3 aromatic rings. The number of aromatic amines is 1. The van der Waals surface area contributed by atoms with Crippen LogP contribution in [0.3, 0.4) is 0 Å². The fourth-order valence-electron chi connectivity index (χ4n) is 3.76. The fraction of sp³-hybridized carbons (Fsp3) is 0.400. The van der Waals surface area contributed by atoms with E-state index in [-0.39, 0.29) is 11.8 Å². The summed E-state index contributed by atoms with van der Waals surface area (Å²) in [5.74, 6) is 1.12. The Kier molecular flexibility index (Phi) is 4.73. The van der Waals surface area contributed by atoms with Gasteiger partial charge in [0.2, 0.25) is 0 Å². The van der Waals surface area contributed by atoms with Crippen LogP contribution in [-0.4, -0.2) is 55.2 Å². The molecule has 1 aliphatic rings. The molecule has 4 rings (SSSR count). The third kappa shape index (κ3) is 3.55. The quantitative estimate of drug-likeness (QED) is 0.725. The van der Waals surface area contributed by atoms with Gasteiger partial charge in [0.05, 0.1) is 24.0 Å². The first-order chi connectivity index (χ1) is 13.8. The summed E-state index contributed by atoms with van der Waals surface area (Å²) in [5, 5.41) is 11.3. The number of rotatable bonds is 4. The van der Waals surface area contributed by atoms with Crippen molar-refractivity contribution < 1.29 is 14.0 Å². The van der Waals surface area contributed by atoms with E-state index in [9.17, 15) is 9.59 Å². The standard InChI is InChI=1S/C20H24N6O3/c1-12-7-16(13(2)29-12)19(27)26-6-5-15-17(11-26)22-23-18(15)20(28)24(3)9-14-8-21-25(4)10-14/h7-8,10H,5-6,9,11H2,1-4H3,(H,22,23). The highest BCUT2D eigenvalue weighted by atomic mass is 16.3. The Balaban J connectivity index is 1.48. The number of aryl methyl sites for hydroxylation is 3. The van der Waals surface area contributed by atoms with E-state index < -0.39 is 0 Å². The molecule has 9 nitrogen and oxygen atoms in total. The smallest absolute Gasteiger partial charge is 0.274 e. The fourth-order valence-corrected chi connectivity index (χ4v) is 3.76. The molecule has 0 saturated carbocycles. The molecule has 2 amide bonds. The number of nitrogens with one attached hydrogen (secondary N) is 1. The summed E-state index contributed by atoms with van der Waals surface area (Å²) >= 11 is 0. The number of hydrogen-bond donors (Lipinski definition) is 1. The van der Waals surface area contributed by atoms with E-state index in [0.717, 1.165) is 22.6 Å². The minimum absolute atomic E-state index is 0.0684. The Hall–Kier alpha value is -3.36. The molecular weight excluding hydrogens is 372 g/mol. The average Bonchev–Trinajstić information content (AvgIpc) is 3.38. The van der Waals surface area contributed by atoms with Crippen LogP contribution in [0.5, 0.6) is 0 Å². The van der Waals surface area contributed by atoms with Crippen LogP contribution in [0, 0.1) is 13.8 Å². The highest BCUT2D eigenvalue weighted by Gasteiger charge is 2.30. The van der Waals surface area contributed by atoms with E-state index in [2.05, 4.69) is 15.3 Å². The van der Waals surface area contributed by atoms with Crippen molar-refractivity contribution in [1.29, 1.82) is 0 Å². The molecule has 0 fully saturated rings. The second kappa shape index (κ2) is 7.23. The lowest BCUT2D eigenvalue weighted by Crippen LogP contribution is -2.36. The van der Waals surface area contributed by atoms with E-state index >= 15 is 0 Å². The Morgan fingerprint density at radius 2 is 2.14 bits per heavy atom. The van der Waals surface area contributed by atoms with Crippen LogP contribution in [-0.2, 0) is 26.6 Å². The van der Waals surface area contributed by atoms with Crippen LogP contribution in [0.25, 0.3) is 0 Å². The number of H-pyrrole nitrogens is 1. The zero-order valence-electron chi connectivity index (χ0n) is 17.0. The molecular formula is C20H24N6O3. The van der Waals surface area contributed by atoms with Gasteiger partial charge >= 0.3 is 0 Å². The number of fused-ring (bicyclic) bond motifs is 1. The van der Waals surface area contributed by atoms with Crippen LogP contribution in [0.2, 0.25) is 0 Å². The highest BCUT2D eigenvalue weighted by molar-refractivity contribution is 5.96. The van der Waals surface area contributed by atoms with Gasteiger partial charge in [-0.2, -0.15) is 10.2 Å². The molecule has 0 bridgehead atoms. The third-order valence-corrected chi connectivity index (χ3v) is 5.22. The van der Waals surface area contributed by atoms with E-state index in [1.54, 1.807) is 40.7 Å². The van der Waals surface area contributed by atoms with Crippen molar-refractivity contribution in [3.8, 4) is 0 Å². The van der Waals surface area contributed by atoms with Crippen molar-refractivity contribution in [3.63, 3.8) is 0 Å². The second-order valence-corrected chi connectivity index (χ2v) is 7.52. The maximum absolute atomic E-state index is 12.9. The van der Waals surface area contributed by atoms with Gasteiger partial charge in [0.25, 0.3) is 11.8 Å². The largest absolute Gasteiger partial charge is 0.466 e. The van der Waals surface area contributed by atoms with Crippen molar-refractivity contribution in [2.45, 2.75) is 33.4 Å². The number of carbonyl (C=O) groups is 2. The first-order valence-electron chi connectivity index (χ1n) is 9.49. The van der Waals surface area contributed by atoms with Gasteiger partial charge in [-0.25, -0.2) is 0 Å². The lowest BCUT2D eigenvalue weighted by Gasteiger charge is -2.27. The second-order valence-electron chi connectivity index (χ2n) is 7.52. The van der Waals surface area contributed by atoms with Crippen LogP contribution in [0.15, 0.2) is 22.9 Å². The molecule has 0 radical (unpaired) electrons. The zero-order chi connectivity index (χ0) is 20.7. The minimum atomic E-state index is -0.146. The Bertz CT molecular complexity index is 1080. The van der Waals surface area contributed by atoms with Crippen molar-refractivity contribution in [2.24, 2.45) is 7.05 Å². The number of nitrogens with zero attached hydrogens (tertiary/aromatic N) is 5. The van der Waals surface area contributed by atoms with Gasteiger partial charge in [-0.15, -0.1) is 0 Å².